The summed E-state index contributed by atoms with van der Waals surface area (Å²) in [5.41, 5.74) is 0. The molecule has 0 aromatic rings. The monoisotopic (exact) mass is 305 g/mol. The molecule has 1 aliphatic carbocycles. The molecule has 2 N–H and O–H groups in total. The molecular weight excluding hydrogens is 274 g/mol. The van der Waals surface area contributed by atoms with Crippen molar-refractivity contribution in [3.8, 4) is 0 Å². The topological polar surface area (TPSA) is 58.6 Å². The van der Waals surface area contributed by atoms with E-state index in [4.69, 9.17) is 4.74 Å². The van der Waals surface area contributed by atoms with Crippen LogP contribution < -0.4 is 5.32 Å². The molecule has 0 radical (unpaired) electrons. The number of hydrogen-bond donors (Lipinski definition) is 2. The molecule has 20 heavy (non-hydrogen) atoms. The molecule has 0 spiro atoms. The van der Waals surface area contributed by atoms with E-state index >= 15 is 0 Å². The highest BCUT2D eigenvalue weighted by Crippen LogP contribution is 2.29. The molecule has 1 saturated carbocycles. The summed E-state index contributed by atoms with van der Waals surface area (Å²) >= 11 is 0. The van der Waals surface area contributed by atoms with Gasteiger partial charge in [-0.15, -0.1) is 0 Å². The van der Waals surface area contributed by atoms with Gasteiger partial charge in [-0.1, -0.05) is 33.1 Å². The molecule has 5 heteroatoms. The largest absolute Gasteiger partial charge is 0.389 e. The molecule has 0 aliphatic heterocycles. The van der Waals surface area contributed by atoms with Gasteiger partial charge in [0.2, 0.25) is 0 Å². The van der Waals surface area contributed by atoms with Crippen LogP contribution >= 0.6 is 0 Å². The fourth-order valence-electron chi connectivity index (χ4n) is 2.75. The number of nitrogens with one attached hydrogen (secondary N) is 1. The smallest absolute Gasteiger partial charge is 0.0897 e. The fourth-order valence-corrected chi connectivity index (χ4v) is 3.41. The number of aliphatic hydroxyl groups is 1. The van der Waals surface area contributed by atoms with E-state index in [0.29, 0.717) is 43.2 Å². The minimum Gasteiger partial charge on any atom is -0.389 e. The van der Waals surface area contributed by atoms with Crippen LogP contribution in [0.5, 0.6) is 0 Å². The van der Waals surface area contributed by atoms with Crippen LogP contribution in [-0.4, -0.2) is 52.7 Å². The van der Waals surface area contributed by atoms with E-state index in [0.717, 1.165) is 6.42 Å². The summed E-state index contributed by atoms with van der Waals surface area (Å²) in [7, 11) is -0.731. The third kappa shape index (κ3) is 7.16. The summed E-state index contributed by atoms with van der Waals surface area (Å²) in [5, 5.41) is 13.0. The van der Waals surface area contributed by atoms with Crippen LogP contribution in [0.4, 0.5) is 0 Å². The van der Waals surface area contributed by atoms with Gasteiger partial charge in [0.1, 0.15) is 0 Å². The average molecular weight is 305 g/mol. The lowest BCUT2D eigenvalue weighted by Gasteiger charge is -2.31. The second kappa shape index (κ2) is 10.7. The number of ether oxygens (including phenoxy) is 1. The highest BCUT2D eigenvalue weighted by molar-refractivity contribution is 7.84. The first-order valence-corrected chi connectivity index (χ1v) is 9.51. The van der Waals surface area contributed by atoms with Gasteiger partial charge in [0.15, 0.2) is 0 Å². The van der Waals surface area contributed by atoms with E-state index in [1.165, 1.54) is 25.7 Å². The van der Waals surface area contributed by atoms with Gasteiger partial charge in [0.25, 0.3) is 0 Å². The van der Waals surface area contributed by atoms with Gasteiger partial charge < -0.3 is 15.2 Å². The third-order valence-electron chi connectivity index (χ3n) is 4.07. The van der Waals surface area contributed by atoms with Crippen molar-refractivity contribution in [2.45, 2.75) is 58.2 Å². The van der Waals surface area contributed by atoms with Crippen LogP contribution in [0.25, 0.3) is 0 Å². The van der Waals surface area contributed by atoms with Crippen molar-refractivity contribution in [2.75, 3.05) is 31.2 Å². The molecule has 0 heterocycles. The Morgan fingerprint density at radius 3 is 2.80 bits per heavy atom. The van der Waals surface area contributed by atoms with E-state index in [1.54, 1.807) is 0 Å². The zero-order chi connectivity index (χ0) is 14.8. The summed E-state index contributed by atoms with van der Waals surface area (Å²) < 4.78 is 17.1. The van der Waals surface area contributed by atoms with Gasteiger partial charge in [0, 0.05) is 35.4 Å². The summed E-state index contributed by atoms with van der Waals surface area (Å²) in [4.78, 5) is 0. The van der Waals surface area contributed by atoms with Crippen LogP contribution in [0.15, 0.2) is 0 Å². The molecule has 0 saturated heterocycles. The Kier molecular flexibility index (Phi) is 9.68. The van der Waals surface area contributed by atoms with Crippen molar-refractivity contribution in [1.29, 1.82) is 0 Å². The lowest BCUT2D eigenvalue weighted by atomic mass is 9.85. The second-order valence-corrected chi connectivity index (χ2v) is 7.48. The quantitative estimate of drug-likeness (QED) is 0.603. The van der Waals surface area contributed by atoms with E-state index in [-0.39, 0.29) is 0 Å². The summed E-state index contributed by atoms with van der Waals surface area (Å²) in [6, 6.07) is 0. The SMILES string of the molecule is CCC1CCCCC1OCC(O)CNCCS(=O)CC. The predicted octanol–water partition coefficient (Wildman–Crippen LogP) is 1.69. The van der Waals surface area contributed by atoms with Crippen molar-refractivity contribution in [3.63, 3.8) is 0 Å². The Morgan fingerprint density at radius 2 is 2.10 bits per heavy atom. The number of rotatable bonds is 10. The van der Waals surface area contributed by atoms with Crippen LogP contribution in [0, 0.1) is 5.92 Å². The Morgan fingerprint density at radius 1 is 1.35 bits per heavy atom. The van der Waals surface area contributed by atoms with Gasteiger partial charge >= 0.3 is 0 Å². The zero-order valence-electron chi connectivity index (χ0n) is 13.0. The van der Waals surface area contributed by atoms with Gasteiger partial charge in [-0.25, -0.2) is 0 Å². The van der Waals surface area contributed by atoms with Gasteiger partial charge in [-0.3, -0.25) is 4.21 Å². The van der Waals surface area contributed by atoms with E-state index in [1.807, 2.05) is 6.92 Å². The van der Waals surface area contributed by atoms with Crippen molar-refractivity contribution in [1.82, 2.24) is 5.32 Å². The first-order valence-electron chi connectivity index (χ1n) is 8.02. The summed E-state index contributed by atoms with van der Waals surface area (Å²) in [6.07, 6.45) is 5.99. The van der Waals surface area contributed by atoms with Crippen molar-refractivity contribution in [2.24, 2.45) is 5.92 Å². The Balaban J connectivity index is 2.09. The van der Waals surface area contributed by atoms with Crippen LogP contribution in [-0.2, 0) is 15.5 Å². The van der Waals surface area contributed by atoms with Crippen molar-refractivity contribution < 1.29 is 14.1 Å². The minimum atomic E-state index is -0.731. The Bertz CT molecular complexity index is 276. The third-order valence-corrected chi connectivity index (χ3v) is 5.38. The molecule has 4 atom stereocenters. The first-order chi connectivity index (χ1) is 9.67. The minimum absolute atomic E-state index is 0.330. The maximum atomic E-state index is 11.2. The zero-order valence-corrected chi connectivity index (χ0v) is 13.8. The maximum absolute atomic E-state index is 11.2. The molecule has 120 valence electrons. The second-order valence-electron chi connectivity index (χ2n) is 5.62. The highest BCUT2D eigenvalue weighted by atomic mass is 32.2. The molecule has 0 aromatic heterocycles. The molecule has 4 unspecified atom stereocenters. The molecular formula is C15H31NO3S. The van der Waals surface area contributed by atoms with Crippen LogP contribution in [0.2, 0.25) is 0 Å². The Labute approximate surface area is 126 Å². The molecule has 0 aromatic carbocycles. The normalized spacial score (nSPS) is 26.4. The molecule has 1 aliphatic rings. The fraction of sp³-hybridized carbons (Fsp3) is 1.00. The van der Waals surface area contributed by atoms with E-state index in [9.17, 15) is 9.32 Å². The molecule has 0 bridgehead atoms. The maximum Gasteiger partial charge on any atom is 0.0897 e. The lowest BCUT2D eigenvalue weighted by Crippen LogP contribution is -2.36. The summed E-state index contributed by atoms with van der Waals surface area (Å²) in [5.74, 6) is 2.02. The number of aliphatic hydroxyl groups excluding tert-OH is 1. The lowest BCUT2D eigenvalue weighted by molar-refractivity contribution is -0.0497. The summed E-state index contributed by atoms with van der Waals surface area (Å²) in [6.45, 7) is 5.76. The van der Waals surface area contributed by atoms with Crippen LogP contribution in [0.1, 0.15) is 46.0 Å². The molecule has 0 amide bonds. The predicted molar refractivity (Wildman–Crippen MR) is 84.4 cm³/mol. The Hall–Kier alpha value is 0.0300. The van der Waals surface area contributed by atoms with Gasteiger partial charge in [-0.2, -0.15) is 0 Å². The van der Waals surface area contributed by atoms with E-state index < -0.39 is 16.9 Å². The average Bonchev–Trinajstić information content (AvgIpc) is 2.49. The van der Waals surface area contributed by atoms with E-state index in [2.05, 4.69) is 12.2 Å². The van der Waals surface area contributed by atoms with Crippen molar-refractivity contribution >= 4 is 10.8 Å². The molecule has 4 nitrogen and oxygen atoms in total. The van der Waals surface area contributed by atoms with Gasteiger partial charge in [-0.05, 0) is 18.8 Å². The van der Waals surface area contributed by atoms with Crippen LogP contribution in [0.3, 0.4) is 0 Å². The van der Waals surface area contributed by atoms with Gasteiger partial charge in [0.05, 0.1) is 18.8 Å². The van der Waals surface area contributed by atoms with Crippen molar-refractivity contribution in [3.05, 3.63) is 0 Å². The molecule has 1 rings (SSSR count). The number of hydrogen-bond acceptors (Lipinski definition) is 4. The molecule has 1 fully saturated rings. The first kappa shape index (κ1) is 18.1. The standard InChI is InChI=1S/C15H31NO3S/c1-3-13-7-5-6-8-15(13)19-12-14(17)11-16-9-10-20(18)4-2/h13-17H,3-12H2,1-2H3. The highest BCUT2D eigenvalue weighted by Gasteiger charge is 2.24.